The van der Waals surface area contributed by atoms with Gasteiger partial charge in [-0.05, 0) is 31.2 Å². The van der Waals surface area contributed by atoms with Crippen molar-refractivity contribution in [2.75, 3.05) is 43.5 Å². The van der Waals surface area contributed by atoms with E-state index in [4.69, 9.17) is 9.26 Å². The van der Waals surface area contributed by atoms with Gasteiger partial charge in [-0.15, -0.1) is 0 Å². The molecule has 0 unspecified atom stereocenters. The van der Waals surface area contributed by atoms with Crippen molar-refractivity contribution in [2.45, 2.75) is 6.92 Å². The first-order valence-electron chi connectivity index (χ1n) is 8.05. The molecular weight excluding hydrogens is 324 g/mol. The Morgan fingerprint density at radius 1 is 1.12 bits per heavy atom. The number of morpholine rings is 1. The molecule has 2 amide bonds. The first-order chi connectivity index (χ1) is 12.1. The lowest BCUT2D eigenvalue weighted by Gasteiger charge is -2.25. The molecule has 132 valence electrons. The fourth-order valence-corrected chi connectivity index (χ4v) is 2.47. The summed E-state index contributed by atoms with van der Waals surface area (Å²) >= 11 is 0. The second-order valence-electron chi connectivity index (χ2n) is 5.79. The van der Waals surface area contributed by atoms with Crippen molar-refractivity contribution in [3.8, 4) is 0 Å². The zero-order valence-electron chi connectivity index (χ0n) is 13.9. The number of anilines is 2. The highest BCUT2D eigenvalue weighted by Crippen LogP contribution is 2.15. The number of carbonyl (C=O) groups is 2. The molecule has 1 aliphatic heterocycles. The number of hydrogen-bond acceptors (Lipinski definition) is 6. The lowest BCUT2D eigenvalue weighted by atomic mass is 10.2. The van der Waals surface area contributed by atoms with Gasteiger partial charge in [-0.3, -0.25) is 14.5 Å². The number of carbonyl (C=O) groups excluding carboxylic acids is 2. The van der Waals surface area contributed by atoms with Crippen LogP contribution in [-0.4, -0.2) is 54.7 Å². The summed E-state index contributed by atoms with van der Waals surface area (Å²) in [7, 11) is 0. The number of benzene rings is 1. The molecular formula is C17H20N4O4. The van der Waals surface area contributed by atoms with Crippen molar-refractivity contribution in [3.63, 3.8) is 0 Å². The molecule has 0 bridgehead atoms. The van der Waals surface area contributed by atoms with E-state index in [9.17, 15) is 9.59 Å². The summed E-state index contributed by atoms with van der Waals surface area (Å²) in [5, 5.41) is 9.23. The zero-order valence-corrected chi connectivity index (χ0v) is 13.9. The molecule has 2 aromatic rings. The predicted octanol–water partition coefficient (Wildman–Crippen LogP) is 1.51. The average molecular weight is 344 g/mol. The van der Waals surface area contributed by atoms with Crippen LogP contribution < -0.4 is 10.6 Å². The molecule has 1 aliphatic rings. The first kappa shape index (κ1) is 17.1. The molecule has 0 spiro atoms. The number of amides is 2. The average Bonchev–Trinajstić information content (AvgIpc) is 3.04. The molecule has 25 heavy (non-hydrogen) atoms. The number of hydrogen-bond donors (Lipinski definition) is 2. The van der Waals surface area contributed by atoms with Crippen molar-refractivity contribution < 1.29 is 18.8 Å². The van der Waals surface area contributed by atoms with Crippen LogP contribution in [0.1, 0.15) is 16.2 Å². The van der Waals surface area contributed by atoms with Gasteiger partial charge in [0.1, 0.15) is 5.76 Å². The molecule has 0 saturated carbocycles. The smallest absolute Gasteiger partial charge is 0.277 e. The van der Waals surface area contributed by atoms with Gasteiger partial charge >= 0.3 is 0 Å². The minimum Gasteiger partial charge on any atom is -0.379 e. The Hall–Kier alpha value is -2.71. The van der Waals surface area contributed by atoms with Crippen LogP contribution in [0.4, 0.5) is 11.4 Å². The molecule has 0 atom stereocenters. The van der Waals surface area contributed by atoms with E-state index in [1.165, 1.54) is 0 Å². The van der Waals surface area contributed by atoms with Crippen LogP contribution in [-0.2, 0) is 9.53 Å². The number of aryl methyl sites for hydroxylation is 1. The second-order valence-corrected chi connectivity index (χ2v) is 5.79. The maximum absolute atomic E-state index is 12.0. The Kier molecular flexibility index (Phi) is 5.42. The number of rotatable bonds is 5. The maximum Gasteiger partial charge on any atom is 0.277 e. The zero-order chi connectivity index (χ0) is 17.6. The van der Waals surface area contributed by atoms with Crippen molar-refractivity contribution in [1.82, 2.24) is 10.1 Å². The molecule has 0 radical (unpaired) electrons. The topological polar surface area (TPSA) is 96.7 Å². The fraction of sp³-hybridized carbons (Fsp3) is 0.353. The van der Waals surface area contributed by atoms with Crippen LogP contribution in [0.15, 0.2) is 34.9 Å². The Morgan fingerprint density at radius 2 is 1.76 bits per heavy atom. The lowest BCUT2D eigenvalue weighted by molar-refractivity contribution is -0.118. The molecule has 1 aromatic heterocycles. The molecule has 1 fully saturated rings. The number of nitrogens with zero attached hydrogens (tertiary/aromatic N) is 2. The summed E-state index contributed by atoms with van der Waals surface area (Å²) in [4.78, 5) is 26.1. The molecule has 1 aromatic carbocycles. The number of aromatic nitrogens is 1. The normalized spacial score (nSPS) is 14.9. The Balaban J connectivity index is 1.51. The minimum absolute atomic E-state index is 0.0724. The van der Waals surface area contributed by atoms with Crippen LogP contribution in [0.2, 0.25) is 0 Å². The predicted molar refractivity (Wildman–Crippen MR) is 91.5 cm³/mol. The largest absolute Gasteiger partial charge is 0.379 e. The van der Waals surface area contributed by atoms with Gasteiger partial charge in [-0.2, -0.15) is 0 Å². The van der Waals surface area contributed by atoms with Crippen LogP contribution >= 0.6 is 0 Å². The highest BCUT2D eigenvalue weighted by atomic mass is 16.5. The van der Waals surface area contributed by atoms with Gasteiger partial charge < -0.3 is 19.9 Å². The third kappa shape index (κ3) is 4.88. The van der Waals surface area contributed by atoms with E-state index in [0.717, 1.165) is 13.1 Å². The van der Waals surface area contributed by atoms with Crippen LogP contribution in [0.5, 0.6) is 0 Å². The van der Waals surface area contributed by atoms with Gasteiger partial charge in [0.15, 0.2) is 5.69 Å². The summed E-state index contributed by atoms with van der Waals surface area (Å²) in [5.74, 6) is 0.154. The molecule has 8 heteroatoms. The van der Waals surface area contributed by atoms with Crippen molar-refractivity contribution in [2.24, 2.45) is 0 Å². The Labute approximate surface area is 145 Å². The minimum atomic E-state index is -0.346. The Bertz CT molecular complexity index is 735. The monoisotopic (exact) mass is 344 g/mol. The van der Waals surface area contributed by atoms with Crippen LogP contribution in [0, 0.1) is 6.92 Å². The molecule has 2 N–H and O–H groups in total. The van der Waals surface area contributed by atoms with E-state index in [-0.39, 0.29) is 17.5 Å². The molecule has 2 heterocycles. The van der Waals surface area contributed by atoms with Crippen molar-refractivity contribution in [3.05, 3.63) is 41.8 Å². The van der Waals surface area contributed by atoms with Gasteiger partial charge in [-0.25, -0.2) is 0 Å². The molecule has 8 nitrogen and oxygen atoms in total. The lowest BCUT2D eigenvalue weighted by Crippen LogP contribution is -2.41. The summed E-state index contributed by atoms with van der Waals surface area (Å²) in [6, 6.07) is 8.47. The SMILES string of the molecule is Cc1cc(C(=O)Nc2ccc(NC(=O)CN3CCOCC3)cc2)no1. The molecule has 1 saturated heterocycles. The van der Waals surface area contributed by atoms with Crippen LogP contribution in [0.25, 0.3) is 0 Å². The number of ether oxygens (including phenoxy) is 1. The van der Waals surface area contributed by atoms with E-state index in [0.29, 0.717) is 36.9 Å². The third-order valence-electron chi connectivity index (χ3n) is 3.76. The van der Waals surface area contributed by atoms with Crippen molar-refractivity contribution in [1.29, 1.82) is 0 Å². The van der Waals surface area contributed by atoms with Gasteiger partial charge in [0.25, 0.3) is 5.91 Å². The van der Waals surface area contributed by atoms with E-state index in [1.807, 2.05) is 4.90 Å². The van der Waals surface area contributed by atoms with Gasteiger partial charge in [0.05, 0.1) is 19.8 Å². The van der Waals surface area contributed by atoms with E-state index in [1.54, 1.807) is 37.3 Å². The first-order valence-corrected chi connectivity index (χ1v) is 8.05. The van der Waals surface area contributed by atoms with E-state index >= 15 is 0 Å². The molecule has 3 rings (SSSR count). The quantitative estimate of drug-likeness (QED) is 0.853. The summed E-state index contributed by atoms with van der Waals surface area (Å²) in [5.41, 5.74) is 1.51. The fourth-order valence-electron chi connectivity index (χ4n) is 2.47. The third-order valence-corrected chi connectivity index (χ3v) is 3.76. The van der Waals surface area contributed by atoms with E-state index < -0.39 is 0 Å². The summed E-state index contributed by atoms with van der Waals surface area (Å²) < 4.78 is 10.1. The van der Waals surface area contributed by atoms with Crippen LogP contribution in [0.3, 0.4) is 0 Å². The number of nitrogens with one attached hydrogen (secondary N) is 2. The van der Waals surface area contributed by atoms with Gasteiger partial charge in [0.2, 0.25) is 5.91 Å². The van der Waals surface area contributed by atoms with Gasteiger partial charge in [-0.1, -0.05) is 5.16 Å². The highest BCUT2D eigenvalue weighted by molar-refractivity contribution is 6.03. The summed E-state index contributed by atoms with van der Waals surface area (Å²) in [6.45, 7) is 4.91. The standard InChI is InChI=1S/C17H20N4O4/c1-12-10-15(20-25-12)17(23)19-14-4-2-13(3-5-14)18-16(22)11-21-6-8-24-9-7-21/h2-5,10H,6-9,11H2,1H3,(H,18,22)(H,19,23). The van der Waals surface area contributed by atoms with E-state index in [2.05, 4.69) is 15.8 Å². The summed E-state index contributed by atoms with van der Waals surface area (Å²) in [6.07, 6.45) is 0. The van der Waals surface area contributed by atoms with Crippen molar-refractivity contribution >= 4 is 23.2 Å². The van der Waals surface area contributed by atoms with Gasteiger partial charge in [0, 0.05) is 30.5 Å². The maximum atomic E-state index is 12.0. The Morgan fingerprint density at radius 3 is 2.36 bits per heavy atom. The molecule has 0 aliphatic carbocycles. The highest BCUT2D eigenvalue weighted by Gasteiger charge is 2.14. The second kappa shape index (κ2) is 7.91.